The van der Waals surface area contributed by atoms with Crippen molar-refractivity contribution in [3.8, 4) is 11.4 Å². The van der Waals surface area contributed by atoms with E-state index < -0.39 is 0 Å². The topological polar surface area (TPSA) is 75.6 Å². The number of rotatable bonds is 4. The maximum Gasteiger partial charge on any atom is 0.289 e. The van der Waals surface area contributed by atoms with Gasteiger partial charge in [0.1, 0.15) is 0 Å². The van der Waals surface area contributed by atoms with Crippen LogP contribution >= 0.6 is 15.9 Å². The van der Waals surface area contributed by atoms with E-state index in [1.807, 2.05) is 17.0 Å². The van der Waals surface area contributed by atoms with Gasteiger partial charge in [-0.25, -0.2) is 0 Å². The van der Waals surface area contributed by atoms with Crippen molar-refractivity contribution in [2.75, 3.05) is 31.1 Å². The van der Waals surface area contributed by atoms with Crippen LogP contribution in [-0.2, 0) is 0 Å². The third-order valence-corrected chi connectivity index (χ3v) is 6.16. The van der Waals surface area contributed by atoms with Crippen LogP contribution in [0.5, 0.6) is 0 Å². The monoisotopic (exact) mass is 456 g/mol. The summed E-state index contributed by atoms with van der Waals surface area (Å²) in [5, 5.41) is 4.14. The molecule has 1 aromatic carbocycles. The summed E-state index contributed by atoms with van der Waals surface area (Å²) in [5.41, 5.74) is 2.09. The molecule has 0 unspecified atom stereocenters. The van der Waals surface area contributed by atoms with E-state index in [4.69, 9.17) is 8.94 Å². The lowest BCUT2D eigenvalue weighted by Crippen LogP contribution is -2.48. The Bertz CT molecular complexity index is 1000. The average molecular weight is 457 g/mol. The van der Waals surface area contributed by atoms with E-state index in [0.717, 1.165) is 43.1 Å². The van der Waals surface area contributed by atoms with Crippen LogP contribution < -0.4 is 4.90 Å². The third kappa shape index (κ3) is 3.69. The second kappa shape index (κ2) is 7.67. The van der Waals surface area contributed by atoms with E-state index in [0.29, 0.717) is 35.3 Å². The highest BCUT2D eigenvalue weighted by atomic mass is 79.9. The number of benzene rings is 1. The van der Waals surface area contributed by atoms with Gasteiger partial charge in [-0.2, -0.15) is 4.98 Å². The summed E-state index contributed by atoms with van der Waals surface area (Å²) in [6, 6.07) is 11.7. The fourth-order valence-electron chi connectivity index (χ4n) is 3.75. The van der Waals surface area contributed by atoms with Gasteiger partial charge in [0.25, 0.3) is 5.91 Å². The molecule has 3 aromatic rings. The molecular formula is C21H21BrN4O3. The van der Waals surface area contributed by atoms with Gasteiger partial charge in [0.15, 0.2) is 10.4 Å². The number of furan rings is 1. The van der Waals surface area contributed by atoms with E-state index in [2.05, 4.69) is 43.1 Å². The zero-order chi connectivity index (χ0) is 19.8. The van der Waals surface area contributed by atoms with Crippen LogP contribution in [0.3, 0.4) is 0 Å². The average Bonchev–Trinajstić information content (AvgIpc) is 3.36. The van der Waals surface area contributed by atoms with E-state index in [-0.39, 0.29) is 5.91 Å². The number of aromatic nitrogens is 2. The maximum atomic E-state index is 12.5. The zero-order valence-electron chi connectivity index (χ0n) is 15.9. The van der Waals surface area contributed by atoms with Gasteiger partial charge in [0.05, 0.1) is 0 Å². The van der Waals surface area contributed by atoms with Gasteiger partial charge < -0.3 is 18.7 Å². The molecule has 3 heterocycles. The molecule has 5 rings (SSSR count). The minimum atomic E-state index is -0.0647. The van der Waals surface area contributed by atoms with Crippen molar-refractivity contribution < 1.29 is 13.7 Å². The number of carbonyl (C=O) groups excluding carboxylic acids is 1. The summed E-state index contributed by atoms with van der Waals surface area (Å²) in [7, 11) is 0. The van der Waals surface area contributed by atoms with Crippen molar-refractivity contribution in [2.24, 2.45) is 0 Å². The summed E-state index contributed by atoms with van der Waals surface area (Å²) in [6.07, 6.45) is 3.54. The second-order valence-electron chi connectivity index (χ2n) is 7.51. The standard InChI is InChI=1S/C21H21BrN4O3/c22-18-9-8-17(28-18)21(27)26-12-10-25(11-13-26)16-6-4-14(5-7-16)19-23-20(29-24-19)15-2-1-3-15/h4-9,15H,1-3,10-13H2. The number of anilines is 1. The quantitative estimate of drug-likeness (QED) is 0.581. The van der Waals surface area contributed by atoms with E-state index >= 15 is 0 Å². The van der Waals surface area contributed by atoms with Crippen LogP contribution in [0.15, 0.2) is 50.0 Å². The fraction of sp³-hybridized carbons (Fsp3) is 0.381. The van der Waals surface area contributed by atoms with Gasteiger partial charge >= 0.3 is 0 Å². The lowest BCUT2D eigenvalue weighted by Gasteiger charge is -2.35. The molecule has 2 fully saturated rings. The first-order valence-electron chi connectivity index (χ1n) is 9.91. The van der Waals surface area contributed by atoms with E-state index in [1.54, 1.807) is 12.1 Å². The van der Waals surface area contributed by atoms with Gasteiger partial charge in [-0.3, -0.25) is 4.79 Å². The summed E-state index contributed by atoms with van der Waals surface area (Å²) in [5.74, 6) is 2.16. The Balaban J connectivity index is 1.21. The molecule has 150 valence electrons. The van der Waals surface area contributed by atoms with Gasteiger partial charge in [0.2, 0.25) is 11.7 Å². The molecule has 7 nitrogen and oxygen atoms in total. The highest BCUT2D eigenvalue weighted by Crippen LogP contribution is 2.36. The molecule has 0 atom stereocenters. The minimum absolute atomic E-state index is 0.0647. The molecule has 2 aliphatic rings. The smallest absolute Gasteiger partial charge is 0.289 e. The molecule has 8 heteroatoms. The first-order valence-corrected chi connectivity index (χ1v) is 10.7. The third-order valence-electron chi connectivity index (χ3n) is 5.74. The molecule has 0 N–H and O–H groups in total. The molecule has 0 radical (unpaired) electrons. The number of halogens is 1. The predicted molar refractivity (Wildman–Crippen MR) is 111 cm³/mol. The van der Waals surface area contributed by atoms with Crippen molar-refractivity contribution in [3.63, 3.8) is 0 Å². The fourth-order valence-corrected chi connectivity index (χ4v) is 4.05. The van der Waals surface area contributed by atoms with Gasteiger partial charge in [-0.05, 0) is 65.2 Å². The first-order chi connectivity index (χ1) is 14.2. The number of hydrogen-bond donors (Lipinski definition) is 0. The van der Waals surface area contributed by atoms with Crippen molar-refractivity contribution in [3.05, 3.63) is 52.7 Å². The number of carbonyl (C=O) groups is 1. The van der Waals surface area contributed by atoms with E-state index in [1.165, 1.54) is 6.42 Å². The lowest BCUT2D eigenvalue weighted by atomic mass is 9.85. The molecule has 1 aliphatic heterocycles. The van der Waals surface area contributed by atoms with E-state index in [9.17, 15) is 4.79 Å². The molecule has 2 aromatic heterocycles. The second-order valence-corrected chi connectivity index (χ2v) is 8.30. The molecular weight excluding hydrogens is 436 g/mol. The number of hydrogen-bond acceptors (Lipinski definition) is 6. The number of amides is 1. The molecule has 0 spiro atoms. The normalized spacial score (nSPS) is 17.4. The van der Waals surface area contributed by atoms with Gasteiger partial charge in [-0.1, -0.05) is 11.6 Å². The largest absolute Gasteiger partial charge is 0.444 e. The maximum absolute atomic E-state index is 12.5. The Morgan fingerprint density at radius 1 is 1.03 bits per heavy atom. The Morgan fingerprint density at radius 2 is 1.79 bits per heavy atom. The van der Waals surface area contributed by atoms with Crippen LogP contribution in [0, 0.1) is 0 Å². The van der Waals surface area contributed by atoms with Crippen LogP contribution in [0.1, 0.15) is 41.6 Å². The number of nitrogens with zero attached hydrogens (tertiary/aromatic N) is 4. The Morgan fingerprint density at radius 3 is 2.41 bits per heavy atom. The van der Waals surface area contributed by atoms with Crippen LogP contribution in [-0.4, -0.2) is 47.1 Å². The summed E-state index contributed by atoms with van der Waals surface area (Å²) < 4.78 is 11.4. The summed E-state index contributed by atoms with van der Waals surface area (Å²) >= 11 is 3.24. The summed E-state index contributed by atoms with van der Waals surface area (Å²) in [4.78, 5) is 21.2. The molecule has 29 heavy (non-hydrogen) atoms. The van der Waals surface area contributed by atoms with Crippen molar-refractivity contribution in [1.82, 2.24) is 15.0 Å². The first kappa shape index (κ1) is 18.4. The Hall–Kier alpha value is -2.61. The predicted octanol–water partition coefficient (Wildman–Crippen LogP) is 4.32. The van der Waals surface area contributed by atoms with Crippen molar-refractivity contribution in [2.45, 2.75) is 25.2 Å². The van der Waals surface area contributed by atoms with Crippen LogP contribution in [0.2, 0.25) is 0 Å². The van der Waals surface area contributed by atoms with Crippen molar-refractivity contribution >= 4 is 27.5 Å². The Labute approximate surface area is 176 Å². The molecule has 0 bridgehead atoms. The molecule has 1 aliphatic carbocycles. The molecule has 1 saturated carbocycles. The highest BCUT2D eigenvalue weighted by Gasteiger charge is 2.26. The van der Waals surface area contributed by atoms with Gasteiger partial charge in [-0.15, -0.1) is 0 Å². The molecule has 1 amide bonds. The minimum Gasteiger partial charge on any atom is -0.444 e. The van der Waals surface area contributed by atoms with Crippen LogP contribution in [0.25, 0.3) is 11.4 Å². The molecule has 1 saturated heterocycles. The summed E-state index contributed by atoms with van der Waals surface area (Å²) in [6.45, 7) is 2.88. The Kier molecular flexibility index (Phi) is 4.87. The zero-order valence-corrected chi connectivity index (χ0v) is 17.5. The van der Waals surface area contributed by atoms with Gasteiger partial charge in [0, 0.05) is 43.3 Å². The van der Waals surface area contributed by atoms with Crippen molar-refractivity contribution in [1.29, 1.82) is 0 Å². The lowest BCUT2D eigenvalue weighted by molar-refractivity contribution is 0.0713. The SMILES string of the molecule is O=C(c1ccc(Br)o1)N1CCN(c2ccc(-c3noc(C4CCC4)n3)cc2)CC1. The highest BCUT2D eigenvalue weighted by molar-refractivity contribution is 9.10. The number of piperazine rings is 1. The van der Waals surface area contributed by atoms with Crippen LogP contribution in [0.4, 0.5) is 5.69 Å².